The SMILES string of the molecule is O=C(O)N1CCC2C(c3ccc(Cl)cc3)Nc3ccccc3C21. The molecule has 3 unspecified atom stereocenters. The van der Waals surface area contributed by atoms with Gasteiger partial charge in [-0.05, 0) is 35.7 Å². The van der Waals surface area contributed by atoms with Crippen molar-refractivity contribution < 1.29 is 9.90 Å². The summed E-state index contributed by atoms with van der Waals surface area (Å²) >= 11 is 6.00. The maximum atomic E-state index is 11.6. The first-order chi connectivity index (χ1) is 11.1. The molecule has 0 aliphatic carbocycles. The Morgan fingerprint density at radius 3 is 2.65 bits per heavy atom. The molecule has 2 aliphatic rings. The van der Waals surface area contributed by atoms with Gasteiger partial charge in [0.15, 0.2) is 0 Å². The summed E-state index contributed by atoms with van der Waals surface area (Å²) in [4.78, 5) is 13.2. The number of anilines is 1. The molecule has 2 aromatic carbocycles. The average molecular weight is 329 g/mol. The van der Waals surface area contributed by atoms with Crippen molar-refractivity contribution in [3.63, 3.8) is 0 Å². The first kappa shape index (κ1) is 14.4. The third kappa shape index (κ3) is 2.34. The fraction of sp³-hybridized carbons (Fsp3) is 0.278. The number of carbonyl (C=O) groups is 1. The number of hydrogen-bond donors (Lipinski definition) is 2. The van der Waals surface area contributed by atoms with Crippen molar-refractivity contribution in [3.8, 4) is 0 Å². The van der Waals surface area contributed by atoms with E-state index in [1.807, 2.05) is 48.5 Å². The Morgan fingerprint density at radius 1 is 1.17 bits per heavy atom. The summed E-state index contributed by atoms with van der Waals surface area (Å²) in [5.74, 6) is 0.224. The Hall–Kier alpha value is -2.20. The molecule has 0 aromatic heterocycles. The molecule has 23 heavy (non-hydrogen) atoms. The van der Waals surface area contributed by atoms with Crippen LogP contribution in [-0.4, -0.2) is 22.6 Å². The number of hydrogen-bond acceptors (Lipinski definition) is 2. The lowest BCUT2D eigenvalue weighted by atomic mass is 9.80. The minimum absolute atomic E-state index is 0.0920. The number of para-hydroxylation sites is 1. The summed E-state index contributed by atoms with van der Waals surface area (Å²) in [6.07, 6.45) is 0.00931. The monoisotopic (exact) mass is 328 g/mol. The molecular formula is C18H17ClN2O2. The third-order valence-electron chi connectivity index (χ3n) is 4.94. The average Bonchev–Trinajstić information content (AvgIpc) is 3.00. The van der Waals surface area contributed by atoms with Crippen molar-refractivity contribution >= 4 is 23.4 Å². The minimum Gasteiger partial charge on any atom is -0.465 e. The van der Waals surface area contributed by atoms with E-state index in [-0.39, 0.29) is 18.0 Å². The van der Waals surface area contributed by atoms with Gasteiger partial charge in [-0.3, -0.25) is 0 Å². The Morgan fingerprint density at radius 2 is 1.91 bits per heavy atom. The standard InChI is InChI=1S/C18H17ClN2O2/c19-12-7-5-11(6-8-12)16-14-9-10-21(18(22)23)17(14)13-3-1-2-4-15(13)20-16/h1-8,14,16-17,20H,9-10H2,(H,22,23). The molecule has 5 heteroatoms. The lowest BCUT2D eigenvalue weighted by Crippen LogP contribution is -2.36. The van der Waals surface area contributed by atoms with Gasteiger partial charge in [0.05, 0.1) is 12.1 Å². The topological polar surface area (TPSA) is 52.6 Å². The van der Waals surface area contributed by atoms with Crippen LogP contribution in [-0.2, 0) is 0 Å². The van der Waals surface area contributed by atoms with E-state index >= 15 is 0 Å². The van der Waals surface area contributed by atoms with Gasteiger partial charge in [-0.25, -0.2) is 4.79 Å². The Balaban J connectivity index is 1.79. The number of nitrogens with one attached hydrogen (secondary N) is 1. The van der Waals surface area contributed by atoms with Gasteiger partial charge in [-0.1, -0.05) is 41.9 Å². The smallest absolute Gasteiger partial charge is 0.407 e. The Kier molecular flexibility index (Phi) is 3.42. The number of rotatable bonds is 1. The summed E-state index contributed by atoms with van der Waals surface area (Å²) in [5, 5.41) is 13.9. The van der Waals surface area contributed by atoms with E-state index < -0.39 is 6.09 Å². The third-order valence-corrected chi connectivity index (χ3v) is 5.19. The molecule has 0 spiro atoms. The fourth-order valence-electron chi connectivity index (χ4n) is 3.94. The molecule has 2 aliphatic heterocycles. The van der Waals surface area contributed by atoms with Crippen LogP contribution in [0.3, 0.4) is 0 Å². The van der Waals surface area contributed by atoms with Crippen LogP contribution in [0.4, 0.5) is 10.5 Å². The molecule has 1 fully saturated rings. The van der Waals surface area contributed by atoms with E-state index in [0.717, 1.165) is 23.2 Å². The molecule has 1 amide bonds. The van der Waals surface area contributed by atoms with Gasteiger partial charge in [0, 0.05) is 23.2 Å². The minimum atomic E-state index is -0.843. The summed E-state index contributed by atoms with van der Waals surface area (Å²) in [7, 11) is 0. The highest BCUT2D eigenvalue weighted by Gasteiger charge is 2.46. The predicted octanol–water partition coefficient (Wildman–Crippen LogP) is 4.55. The van der Waals surface area contributed by atoms with Crippen LogP contribution < -0.4 is 5.32 Å². The van der Waals surface area contributed by atoms with E-state index in [1.54, 1.807) is 4.90 Å². The Bertz CT molecular complexity index is 747. The second-order valence-corrected chi connectivity index (χ2v) is 6.57. The van der Waals surface area contributed by atoms with Crippen molar-refractivity contribution in [3.05, 3.63) is 64.7 Å². The highest BCUT2D eigenvalue weighted by atomic mass is 35.5. The second kappa shape index (κ2) is 5.46. The molecule has 0 saturated carbocycles. The lowest BCUT2D eigenvalue weighted by Gasteiger charge is -2.39. The molecule has 118 valence electrons. The molecule has 1 saturated heterocycles. The number of carboxylic acid groups (broad SMARTS) is 1. The van der Waals surface area contributed by atoms with Gasteiger partial charge in [0.1, 0.15) is 0 Å². The highest BCUT2D eigenvalue weighted by molar-refractivity contribution is 6.30. The largest absolute Gasteiger partial charge is 0.465 e. The number of benzene rings is 2. The number of amides is 1. The molecular weight excluding hydrogens is 312 g/mol. The molecule has 3 atom stereocenters. The molecule has 2 aromatic rings. The maximum Gasteiger partial charge on any atom is 0.407 e. The van der Waals surface area contributed by atoms with Gasteiger partial charge in [0.2, 0.25) is 0 Å². The quantitative estimate of drug-likeness (QED) is 0.807. The molecule has 4 rings (SSSR count). The van der Waals surface area contributed by atoms with Crippen molar-refractivity contribution in [1.82, 2.24) is 4.90 Å². The van der Waals surface area contributed by atoms with E-state index in [2.05, 4.69) is 5.32 Å². The first-order valence-electron chi connectivity index (χ1n) is 7.75. The fourth-order valence-corrected chi connectivity index (χ4v) is 4.07. The Labute approximate surface area is 139 Å². The summed E-state index contributed by atoms with van der Waals surface area (Å²) < 4.78 is 0. The van der Waals surface area contributed by atoms with Gasteiger partial charge < -0.3 is 15.3 Å². The van der Waals surface area contributed by atoms with E-state index in [1.165, 1.54) is 0 Å². The van der Waals surface area contributed by atoms with E-state index in [0.29, 0.717) is 11.6 Å². The van der Waals surface area contributed by atoms with Gasteiger partial charge in [0.25, 0.3) is 0 Å². The van der Waals surface area contributed by atoms with Crippen LogP contribution in [0.2, 0.25) is 5.02 Å². The number of halogens is 1. The number of nitrogens with zero attached hydrogens (tertiary/aromatic N) is 1. The zero-order chi connectivity index (χ0) is 16.0. The second-order valence-electron chi connectivity index (χ2n) is 6.13. The molecule has 2 N–H and O–H groups in total. The van der Waals surface area contributed by atoms with Gasteiger partial charge in [-0.2, -0.15) is 0 Å². The number of fused-ring (bicyclic) bond motifs is 3. The summed E-state index contributed by atoms with van der Waals surface area (Å²) in [5.41, 5.74) is 3.23. The predicted molar refractivity (Wildman–Crippen MR) is 89.8 cm³/mol. The summed E-state index contributed by atoms with van der Waals surface area (Å²) in [6.45, 7) is 0.574. The summed E-state index contributed by atoms with van der Waals surface area (Å²) in [6, 6.07) is 15.8. The van der Waals surface area contributed by atoms with Crippen molar-refractivity contribution in [2.75, 3.05) is 11.9 Å². The van der Waals surface area contributed by atoms with Crippen LogP contribution in [0, 0.1) is 5.92 Å². The van der Waals surface area contributed by atoms with E-state index in [9.17, 15) is 9.90 Å². The molecule has 2 heterocycles. The molecule has 0 bridgehead atoms. The van der Waals surface area contributed by atoms with Crippen LogP contribution in [0.25, 0.3) is 0 Å². The maximum absolute atomic E-state index is 11.6. The highest BCUT2D eigenvalue weighted by Crippen LogP contribution is 2.51. The van der Waals surface area contributed by atoms with Crippen molar-refractivity contribution in [1.29, 1.82) is 0 Å². The molecule has 0 radical (unpaired) electrons. The van der Waals surface area contributed by atoms with Crippen LogP contribution in [0.1, 0.15) is 29.6 Å². The molecule has 4 nitrogen and oxygen atoms in total. The normalized spacial score (nSPS) is 25.4. The van der Waals surface area contributed by atoms with Crippen LogP contribution >= 0.6 is 11.6 Å². The van der Waals surface area contributed by atoms with Gasteiger partial charge >= 0.3 is 6.09 Å². The van der Waals surface area contributed by atoms with E-state index in [4.69, 9.17) is 11.6 Å². The zero-order valence-corrected chi connectivity index (χ0v) is 13.2. The van der Waals surface area contributed by atoms with Crippen LogP contribution in [0.15, 0.2) is 48.5 Å². The van der Waals surface area contributed by atoms with Gasteiger partial charge in [-0.15, -0.1) is 0 Å². The lowest BCUT2D eigenvalue weighted by molar-refractivity contribution is 0.132. The first-order valence-corrected chi connectivity index (χ1v) is 8.13. The van der Waals surface area contributed by atoms with Crippen molar-refractivity contribution in [2.24, 2.45) is 5.92 Å². The van der Waals surface area contributed by atoms with Crippen LogP contribution in [0.5, 0.6) is 0 Å². The number of likely N-dealkylation sites (tertiary alicyclic amines) is 1. The zero-order valence-electron chi connectivity index (χ0n) is 12.4. The van der Waals surface area contributed by atoms with Crippen molar-refractivity contribution in [2.45, 2.75) is 18.5 Å².